The van der Waals surface area contributed by atoms with Gasteiger partial charge in [0.1, 0.15) is 0 Å². The second-order valence-corrected chi connectivity index (χ2v) is 4.23. The minimum absolute atomic E-state index is 0.153. The van der Waals surface area contributed by atoms with E-state index < -0.39 is 0 Å². The van der Waals surface area contributed by atoms with Crippen molar-refractivity contribution in [1.29, 1.82) is 0 Å². The summed E-state index contributed by atoms with van der Waals surface area (Å²) < 4.78 is 0. The molecule has 1 heterocycles. The van der Waals surface area contributed by atoms with E-state index in [2.05, 4.69) is 10.3 Å². The van der Waals surface area contributed by atoms with Crippen LogP contribution in [0.2, 0.25) is 0 Å². The predicted octanol–water partition coefficient (Wildman–Crippen LogP) is 1.92. The van der Waals surface area contributed by atoms with Crippen LogP contribution in [0.3, 0.4) is 0 Å². The molecule has 70 valence electrons. The van der Waals surface area contributed by atoms with Crippen molar-refractivity contribution < 1.29 is 9.63 Å². The van der Waals surface area contributed by atoms with Crippen LogP contribution in [0.25, 0.3) is 0 Å². The van der Waals surface area contributed by atoms with E-state index in [4.69, 9.17) is 0 Å². The quantitative estimate of drug-likeness (QED) is 0.752. The molecule has 0 atom stereocenters. The van der Waals surface area contributed by atoms with Crippen molar-refractivity contribution in [2.45, 2.75) is 18.8 Å². The van der Waals surface area contributed by atoms with Crippen molar-refractivity contribution in [3.63, 3.8) is 0 Å². The standard InChI is InChI=1S/C9H11NO2S/c1-12-10-9(11)8-5-4-7(13-8)6-2-3-6/h4-6H,2-3H2,1H3,(H,10,11). The van der Waals surface area contributed by atoms with Gasteiger partial charge in [0.15, 0.2) is 0 Å². The Hall–Kier alpha value is -0.870. The van der Waals surface area contributed by atoms with Gasteiger partial charge in [0.25, 0.3) is 5.91 Å². The van der Waals surface area contributed by atoms with Gasteiger partial charge in [0.2, 0.25) is 0 Å². The van der Waals surface area contributed by atoms with Crippen LogP contribution >= 0.6 is 11.3 Å². The second kappa shape index (κ2) is 3.47. The molecule has 1 aromatic heterocycles. The fraction of sp³-hybridized carbons (Fsp3) is 0.444. The minimum atomic E-state index is -0.153. The molecule has 0 saturated heterocycles. The Kier molecular flexibility index (Phi) is 2.33. The first-order valence-electron chi connectivity index (χ1n) is 4.24. The van der Waals surface area contributed by atoms with Gasteiger partial charge in [-0.05, 0) is 30.9 Å². The molecular formula is C9H11NO2S. The largest absolute Gasteiger partial charge is 0.284 e. The van der Waals surface area contributed by atoms with Crippen molar-refractivity contribution in [2.75, 3.05) is 7.11 Å². The molecule has 4 heteroatoms. The van der Waals surface area contributed by atoms with Gasteiger partial charge < -0.3 is 0 Å². The number of hydroxylamine groups is 1. The Morgan fingerprint density at radius 3 is 3.00 bits per heavy atom. The van der Waals surface area contributed by atoms with Crippen LogP contribution in [0, 0.1) is 0 Å². The normalized spacial score (nSPS) is 15.8. The lowest BCUT2D eigenvalue weighted by molar-refractivity contribution is 0.0542. The highest BCUT2D eigenvalue weighted by Gasteiger charge is 2.25. The molecule has 1 aliphatic carbocycles. The summed E-state index contributed by atoms with van der Waals surface area (Å²) in [7, 11) is 1.44. The average Bonchev–Trinajstić information content (AvgIpc) is 2.84. The number of hydrogen-bond donors (Lipinski definition) is 1. The first-order valence-corrected chi connectivity index (χ1v) is 5.06. The smallest absolute Gasteiger partial charge is 0.277 e. The van der Waals surface area contributed by atoms with E-state index in [1.54, 1.807) is 11.3 Å². The van der Waals surface area contributed by atoms with E-state index in [1.807, 2.05) is 12.1 Å². The Labute approximate surface area is 80.7 Å². The molecular weight excluding hydrogens is 186 g/mol. The molecule has 0 aromatic carbocycles. The van der Waals surface area contributed by atoms with Gasteiger partial charge in [-0.1, -0.05) is 0 Å². The maximum atomic E-state index is 11.3. The van der Waals surface area contributed by atoms with Crippen molar-refractivity contribution in [1.82, 2.24) is 5.48 Å². The molecule has 13 heavy (non-hydrogen) atoms. The number of thiophene rings is 1. The van der Waals surface area contributed by atoms with E-state index >= 15 is 0 Å². The third kappa shape index (κ3) is 1.89. The topological polar surface area (TPSA) is 38.3 Å². The Morgan fingerprint density at radius 2 is 2.38 bits per heavy atom. The molecule has 0 radical (unpaired) electrons. The molecule has 1 aliphatic rings. The number of carbonyl (C=O) groups is 1. The van der Waals surface area contributed by atoms with Crippen LogP contribution in [-0.4, -0.2) is 13.0 Å². The monoisotopic (exact) mass is 197 g/mol. The second-order valence-electron chi connectivity index (χ2n) is 3.11. The summed E-state index contributed by atoms with van der Waals surface area (Å²) in [4.78, 5) is 17.9. The molecule has 0 unspecified atom stereocenters. The van der Waals surface area contributed by atoms with Crippen molar-refractivity contribution in [3.8, 4) is 0 Å². The van der Waals surface area contributed by atoms with E-state index in [0.29, 0.717) is 5.92 Å². The van der Waals surface area contributed by atoms with Crippen LogP contribution < -0.4 is 5.48 Å². The van der Waals surface area contributed by atoms with Gasteiger partial charge in [-0.25, -0.2) is 5.48 Å². The summed E-state index contributed by atoms with van der Waals surface area (Å²) >= 11 is 1.56. The summed E-state index contributed by atoms with van der Waals surface area (Å²) in [6.45, 7) is 0. The molecule has 2 rings (SSSR count). The van der Waals surface area contributed by atoms with Crippen LogP contribution in [0.4, 0.5) is 0 Å². The highest BCUT2D eigenvalue weighted by Crippen LogP contribution is 2.43. The van der Waals surface area contributed by atoms with Gasteiger partial charge in [-0.2, -0.15) is 0 Å². The van der Waals surface area contributed by atoms with E-state index in [-0.39, 0.29) is 5.91 Å². The van der Waals surface area contributed by atoms with Crippen molar-refractivity contribution >= 4 is 17.2 Å². The first-order chi connectivity index (χ1) is 6.31. The Balaban J connectivity index is 2.07. The third-order valence-electron chi connectivity index (χ3n) is 2.03. The lowest BCUT2D eigenvalue weighted by Crippen LogP contribution is -2.20. The number of amides is 1. The zero-order chi connectivity index (χ0) is 9.26. The molecule has 1 aromatic rings. The highest BCUT2D eigenvalue weighted by molar-refractivity contribution is 7.14. The summed E-state index contributed by atoms with van der Waals surface area (Å²) in [5.41, 5.74) is 2.31. The average molecular weight is 197 g/mol. The lowest BCUT2D eigenvalue weighted by atomic mass is 10.3. The maximum Gasteiger partial charge on any atom is 0.284 e. The molecule has 0 bridgehead atoms. The molecule has 0 spiro atoms. The van der Waals surface area contributed by atoms with E-state index in [0.717, 1.165) is 4.88 Å². The van der Waals surface area contributed by atoms with Gasteiger partial charge in [-0.3, -0.25) is 9.63 Å². The maximum absolute atomic E-state index is 11.3. The number of rotatable bonds is 3. The zero-order valence-electron chi connectivity index (χ0n) is 7.37. The van der Waals surface area contributed by atoms with Crippen LogP contribution in [0.5, 0.6) is 0 Å². The SMILES string of the molecule is CONC(=O)c1ccc(C2CC2)s1. The molecule has 0 aliphatic heterocycles. The predicted molar refractivity (Wildman–Crippen MR) is 50.8 cm³/mol. The molecule has 1 N–H and O–H groups in total. The number of carbonyl (C=O) groups excluding carboxylic acids is 1. The van der Waals surface area contributed by atoms with Crippen LogP contribution in [-0.2, 0) is 4.84 Å². The molecule has 1 amide bonds. The third-order valence-corrected chi connectivity index (χ3v) is 3.27. The summed E-state index contributed by atoms with van der Waals surface area (Å²) in [6.07, 6.45) is 2.54. The van der Waals surface area contributed by atoms with Crippen molar-refractivity contribution in [3.05, 3.63) is 21.9 Å². The molecule has 1 saturated carbocycles. The number of nitrogens with one attached hydrogen (secondary N) is 1. The van der Waals surface area contributed by atoms with Gasteiger partial charge in [-0.15, -0.1) is 11.3 Å². The molecule has 1 fully saturated rings. The van der Waals surface area contributed by atoms with Crippen molar-refractivity contribution in [2.24, 2.45) is 0 Å². The fourth-order valence-electron chi connectivity index (χ4n) is 1.21. The van der Waals surface area contributed by atoms with Crippen LogP contribution in [0.15, 0.2) is 12.1 Å². The molecule has 3 nitrogen and oxygen atoms in total. The van der Waals surface area contributed by atoms with Gasteiger partial charge in [0.05, 0.1) is 12.0 Å². The van der Waals surface area contributed by atoms with Crippen LogP contribution in [0.1, 0.15) is 33.3 Å². The van der Waals surface area contributed by atoms with E-state index in [1.165, 1.54) is 24.8 Å². The van der Waals surface area contributed by atoms with Gasteiger partial charge in [0, 0.05) is 4.88 Å². The Bertz CT molecular complexity index is 317. The minimum Gasteiger partial charge on any atom is -0.277 e. The highest BCUT2D eigenvalue weighted by atomic mass is 32.1. The van der Waals surface area contributed by atoms with E-state index in [9.17, 15) is 4.79 Å². The summed E-state index contributed by atoms with van der Waals surface area (Å²) in [6, 6.07) is 3.89. The first kappa shape index (κ1) is 8.72. The fourth-order valence-corrected chi connectivity index (χ4v) is 2.27. The summed E-state index contributed by atoms with van der Waals surface area (Å²) in [5, 5.41) is 0. The van der Waals surface area contributed by atoms with Gasteiger partial charge >= 0.3 is 0 Å². The number of hydrogen-bond acceptors (Lipinski definition) is 3. The Morgan fingerprint density at radius 1 is 1.62 bits per heavy atom. The zero-order valence-corrected chi connectivity index (χ0v) is 8.19. The summed E-state index contributed by atoms with van der Waals surface area (Å²) in [5.74, 6) is 0.563. The lowest BCUT2D eigenvalue weighted by Gasteiger charge is -1.96.